The van der Waals surface area contributed by atoms with Crippen molar-refractivity contribution in [3.8, 4) is 33.6 Å². The van der Waals surface area contributed by atoms with Gasteiger partial charge in [0.2, 0.25) is 5.91 Å². The number of fused-ring (bicyclic) bond motifs is 1. The van der Waals surface area contributed by atoms with Crippen LogP contribution in [0.2, 0.25) is 0 Å². The Kier molecular flexibility index (Phi) is 11.3. The Bertz CT molecular complexity index is 2500. The fourth-order valence-electron chi connectivity index (χ4n) is 7.77. The van der Waals surface area contributed by atoms with E-state index in [-0.39, 0.29) is 23.8 Å². The van der Waals surface area contributed by atoms with E-state index in [1.54, 1.807) is 45.9 Å². The first-order valence-corrected chi connectivity index (χ1v) is 21.1. The van der Waals surface area contributed by atoms with Crippen LogP contribution in [0.25, 0.3) is 43.0 Å². The summed E-state index contributed by atoms with van der Waals surface area (Å²) in [6.45, 7) is 4.77. The highest BCUT2D eigenvalue weighted by Crippen LogP contribution is 2.44. The first-order chi connectivity index (χ1) is 28.6. The summed E-state index contributed by atoms with van der Waals surface area (Å²) >= 11 is 3.37. The number of alkyl carbamates (subject to hydrolysis) is 2. The summed E-state index contributed by atoms with van der Waals surface area (Å²) in [6.07, 6.45) is 7.78. The molecular formula is C43H44N8O6S2. The predicted molar refractivity (Wildman–Crippen MR) is 226 cm³/mol. The van der Waals surface area contributed by atoms with Gasteiger partial charge in [-0.15, -0.1) is 22.7 Å². The minimum atomic E-state index is -0.921. The lowest BCUT2D eigenvalue weighted by molar-refractivity contribution is -0.135. The lowest BCUT2D eigenvalue weighted by Gasteiger charge is -2.30. The van der Waals surface area contributed by atoms with E-state index in [4.69, 9.17) is 14.5 Å². The molecule has 8 rings (SSSR count). The number of nitrogens with one attached hydrogen (secondary N) is 4. The Morgan fingerprint density at radius 2 is 1.42 bits per heavy atom. The first kappa shape index (κ1) is 39.6. The number of thiophene rings is 2. The first-order valence-electron chi connectivity index (χ1n) is 19.4. The molecule has 16 heteroatoms. The second-order valence-electron chi connectivity index (χ2n) is 14.8. The van der Waals surface area contributed by atoms with E-state index in [2.05, 4.69) is 60.6 Å². The number of ether oxygens (including phenoxy) is 2. The molecule has 4 atom stereocenters. The van der Waals surface area contributed by atoms with Gasteiger partial charge in [-0.1, -0.05) is 80.6 Å². The number of benzene rings is 2. The van der Waals surface area contributed by atoms with Gasteiger partial charge in [0, 0.05) is 35.0 Å². The largest absolute Gasteiger partial charge is 0.453 e. The summed E-state index contributed by atoms with van der Waals surface area (Å²) in [7, 11) is 2.56. The van der Waals surface area contributed by atoms with Crippen LogP contribution in [-0.4, -0.2) is 87.1 Å². The number of imidazole rings is 2. The number of hydrogen-bond acceptors (Lipinski definition) is 10. The molecule has 2 aliphatic rings. The van der Waals surface area contributed by atoms with Gasteiger partial charge in [0.15, 0.2) is 0 Å². The van der Waals surface area contributed by atoms with Crippen LogP contribution in [0.5, 0.6) is 0 Å². The van der Waals surface area contributed by atoms with Gasteiger partial charge in [-0.25, -0.2) is 19.6 Å². The molecule has 0 bridgehead atoms. The maximum atomic E-state index is 13.9. The van der Waals surface area contributed by atoms with Crippen molar-refractivity contribution in [1.82, 2.24) is 40.4 Å². The molecule has 0 radical (unpaired) electrons. The van der Waals surface area contributed by atoms with Gasteiger partial charge in [-0.3, -0.25) is 9.59 Å². The molecule has 2 aliphatic heterocycles. The van der Waals surface area contributed by atoms with Gasteiger partial charge in [0.05, 0.1) is 53.4 Å². The molecule has 0 saturated carbocycles. The van der Waals surface area contributed by atoms with E-state index >= 15 is 0 Å². The average molecular weight is 833 g/mol. The van der Waals surface area contributed by atoms with Crippen molar-refractivity contribution in [2.75, 3.05) is 27.3 Å². The summed E-state index contributed by atoms with van der Waals surface area (Å²) in [5, 5.41) is 9.72. The van der Waals surface area contributed by atoms with E-state index in [1.807, 2.05) is 55.3 Å². The van der Waals surface area contributed by atoms with Crippen LogP contribution < -0.4 is 10.6 Å². The number of aromatic amines is 2. The molecular weight excluding hydrogens is 789 g/mol. The molecule has 4 aromatic heterocycles. The number of methoxy groups -OCH3 is 2. The fourth-order valence-corrected chi connectivity index (χ4v) is 10.2. The zero-order valence-corrected chi connectivity index (χ0v) is 34.6. The summed E-state index contributed by atoms with van der Waals surface area (Å²) in [5.41, 5.74) is 6.60. The van der Waals surface area contributed by atoms with Crippen molar-refractivity contribution >= 4 is 56.1 Å². The highest BCUT2D eigenvalue weighted by atomic mass is 32.1. The van der Waals surface area contributed by atoms with E-state index in [0.29, 0.717) is 24.5 Å². The van der Waals surface area contributed by atoms with Crippen molar-refractivity contribution in [3.05, 3.63) is 107 Å². The van der Waals surface area contributed by atoms with Crippen molar-refractivity contribution in [3.63, 3.8) is 0 Å². The predicted octanol–water partition coefficient (Wildman–Crippen LogP) is 7.99. The van der Waals surface area contributed by atoms with Gasteiger partial charge >= 0.3 is 12.2 Å². The number of rotatable bonds is 11. The van der Waals surface area contributed by atoms with Crippen molar-refractivity contribution in [2.45, 2.75) is 50.9 Å². The lowest BCUT2D eigenvalue weighted by atomic mass is 10.0. The van der Waals surface area contributed by atoms with Gasteiger partial charge in [-0.05, 0) is 35.4 Å². The van der Waals surface area contributed by atoms with Gasteiger partial charge in [0.25, 0.3) is 5.91 Å². The summed E-state index contributed by atoms with van der Waals surface area (Å²) in [4.78, 5) is 71.6. The van der Waals surface area contributed by atoms with Crippen LogP contribution in [0.3, 0.4) is 0 Å². The minimum Gasteiger partial charge on any atom is -0.453 e. The molecule has 0 spiro atoms. The molecule has 0 aliphatic carbocycles. The van der Waals surface area contributed by atoms with E-state index < -0.39 is 30.3 Å². The Hall–Kier alpha value is -6.26. The van der Waals surface area contributed by atoms with Gasteiger partial charge in [-0.2, -0.15) is 0 Å². The zero-order chi connectivity index (χ0) is 41.2. The minimum absolute atomic E-state index is 0.111. The number of carbonyl (C=O) groups is 4. The van der Waals surface area contributed by atoms with Crippen molar-refractivity contribution < 1.29 is 28.7 Å². The number of amides is 4. The smallest absolute Gasteiger partial charge is 0.407 e. The summed E-state index contributed by atoms with van der Waals surface area (Å²) in [6, 6.07) is 15.2. The normalized spacial score (nSPS) is 17.4. The topological polar surface area (TPSA) is 175 Å². The number of likely N-dealkylation sites (tertiary alicyclic amines) is 1. The van der Waals surface area contributed by atoms with Crippen LogP contribution >= 0.6 is 22.7 Å². The van der Waals surface area contributed by atoms with Crippen LogP contribution in [0.15, 0.2) is 89.9 Å². The quantitative estimate of drug-likeness (QED) is 0.0951. The maximum absolute atomic E-state index is 13.9. The Labute approximate surface area is 348 Å². The average Bonchev–Trinajstić information content (AvgIpc) is 4.11. The number of aromatic nitrogens is 4. The Morgan fingerprint density at radius 1 is 0.780 bits per heavy atom. The molecule has 1 fully saturated rings. The molecule has 6 aromatic rings. The Morgan fingerprint density at radius 3 is 2.15 bits per heavy atom. The third kappa shape index (κ3) is 7.84. The molecule has 1 saturated heterocycles. The SMILES string of the molecule is COC(=O)NC(C(=O)N1CCC[C@H]1c1ncc(-c2csc3c(-c4ccc(-c5cnc([C@@H]6C=CCN6C(=O)[C@H](NC(=O)OC)c6ccccc6)[nH]5)cc4)csc23)[nH]1)C(C)C. The second-order valence-corrected chi connectivity index (χ2v) is 16.5. The monoisotopic (exact) mass is 832 g/mol. The molecule has 4 amide bonds. The molecule has 6 heterocycles. The van der Waals surface area contributed by atoms with E-state index in [0.717, 1.165) is 57.0 Å². The molecule has 1 unspecified atom stereocenters. The van der Waals surface area contributed by atoms with Gasteiger partial charge in [0.1, 0.15) is 29.8 Å². The highest BCUT2D eigenvalue weighted by Gasteiger charge is 2.38. The lowest BCUT2D eigenvalue weighted by Crippen LogP contribution is -2.51. The third-order valence-electron chi connectivity index (χ3n) is 10.9. The van der Waals surface area contributed by atoms with E-state index in [9.17, 15) is 19.2 Å². The molecule has 59 heavy (non-hydrogen) atoms. The maximum Gasteiger partial charge on any atom is 0.407 e. The third-order valence-corrected chi connectivity index (χ3v) is 13.0. The summed E-state index contributed by atoms with van der Waals surface area (Å²) < 4.78 is 11.9. The van der Waals surface area contributed by atoms with Crippen LogP contribution in [0.1, 0.15) is 62.0 Å². The van der Waals surface area contributed by atoms with E-state index in [1.165, 1.54) is 18.9 Å². The van der Waals surface area contributed by atoms with Crippen LogP contribution in [0, 0.1) is 5.92 Å². The zero-order valence-electron chi connectivity index (χ0n) is 32.9. The van der Waals surface area contributed by atoms with Crippen molar-refractivity contribution in [2.24, 2.45) is 5.92 Å². The molecule has 14 nitrogen and oxygen atoms in total. The molecule has 304 valence electrons. The fraction of sp³-hybridized carbons (Fsp3) is 0.302. The number of H-pyrrole nitrogens is 2. The van der Waals surface area contributed by atoms with Crippen LogP contribution in [-0.2, 0) is 19.1 Å². The van der Waals surface area contributed by atoms with Crippen molar-refractivity contribution in [1.29, 1.82) is 0 Å². The number of hydrogen-bond donors (Lipinski definition) is 4. The second kappa shape index (κ2) is 16.9. The number of carbonyl (C=O) groups excluding carboxylic acids is 4. The molecule has 4 N–H and O–H groups in total. The van der Waals surface area contributed by atoms with Crippen LogP contribution in [0.4, 0.5) is 9.59 Å². The highest BCUT2D eigenvalue weighted by molar-refractivity contribution is 7.27. The van der Waals surface area contributed by atoms with Gasteiger partial charge < -0.3 is 39.9 Å². The Balaban J connectivity index is 0.968. The number of nitrogens with zero attached hydrogens (tertiary/aromatic N) is 4. The molecule has 2 aromatic carbocycles. The summed E-state index contributed by atoms with van der Waals surface area (Å²) in [5.74, 6) is 0.824. The standard InChI is InChI=1S/C43H44N8O6S2/c1-24(2)34(48-42(54)56-3)40(52)50-18-8-13-33(50)39-45-21-31(47-39)29-23-59-36-28(22-58-37(29)36)25-14-16-26(17-15-25)30-20-44-38(46-30)32-12-9-19-51(32)41(53)35(49-43(55)57-4)27-10-6-5-7-11-27/h5-7,9-12,14-17,20-24,32-35H,8,13,18-19H2,1-4H3,(H,44,46)(H,45,47)(H,48,54)(H,49,55)/t32-,33-,34?,35+/m0/s1.